The average Bonchev–Trinajstić information content (AvgIpc) is 3.12. The fourth-order valence-electron chi connectivity index (χ4n) is 2.47. The summed E-state index contributed by atoms with van der Waals surface area (Å²) < 4.78 is 0. The van der Waals surface area contributed by atoms with Crippen LogP contribution in [-0.4, -0.2) is 38.1 Å². The number of thiazole rings is 1. The molecule has 0 spiro atoms. The van der Waals surface area contributed by atoms with E-state index in [9.17, 15) is 0 Å². The number of aryl methyl sites for hydroxylation is 1. The van der Waals surface area contributed by atoms with Gasteiger partial charge in [-0.15, -0.1) is 11.3 Å². The van der Waals surface area contributed by atoms with Crippen LogP contribution in [0.15, 0.2) is 41.5 Å². The highest BCUT2D eigenvalue weighted by Crippen LogP contribution is 2.13. The van der Waals surface area contributed by atoms with Crippen LogP contribution in [0.5, 0.6) is 0 Å². The Kier molecular flexibility index (Phi) is 8.25. The zero-order valence-electron chi connectivity index (χ0n) is 15.5. The lowest BCUT2D eigenvalue weighted by atomic mass is 10.2. The number of hydrogen-bond donors (Lipinski definition) is 2. The van der Waals surface area contributed by atoms with Gasteiger partial charge in [-0.2, -0.15) is 0 Å². The number of hydrogen-bond acceptors (Lipinski definition) is 4. The molecule has 0 bridgehead atoms. The van der Waals surface area contributed by atoms with Crippen LogP contribution >= 0.6 is 11.3 Å². The summed E-state index contributed by atoms with van der Waals surface area (Å²) >= 11 is 1.76. The largest absolute Gasteiger partial charge is 0.375 e. The van der Waals surface area contributed by atoms with Crippen molar-refractivity contribution in [2.24, 2.45) is 4.99 Å². The van der Waals surface area contributed by atoms with E-state index in [1.165, 1.54) is 10.6 Å². The van der Waals surface area contributed by atoms with Gasteiger partial charge in [0.25, 0.3) is 0 Å². The molecule has 1 aromatic carbocycles. The molecule has 0 unspecified atom stereocenters. The third kappa shape index (κ3) is 6.74. The number of aromatic nitrogens is 1. The Morgan fingerprint density at radius 3 is 2.68 bits per heavy atom. The van der Waals surface area contributed by atoms with E-state index in [2.05, 4.69) is 69.8 Å². The SMILES string of the molecule is CCc1cnc(CNC(=NC)NCCCCN(C)c2ccccc2)s1. The molecule has 0 aliphatic carbocycles. The van der Waals surface area contributed by atoms with Crippen molar-refractivity contribution in [1.29, 1.82) is 0 Å². The quantitative estimate of drug-likeness (QED) is 0.410. The molecule has 1 heterocycles. The summed E-state index contributed by atoms with van der Waals surface area (Å²) in [5, 5.41) is 7.80. The second kappa shape index (κ2) is 10.7. The van der Waals surface area contributed by atoms with Gasteiger partial charge in [-0.05, 0) is 31.4 Å². The Morgan fingerprint density at radius 2 is 2.00 bits per heavy atom. The summed E-state index contributed by atoms with van der Waals surface area (Å²) in [6, 6.07) is 10.5. The Morgan fingerprint density at radius 1 is 1.20 bits per heavy atom. The fourth-order valence-corrected chi connectivity index (χ4v) is 3.27. The molecule has 6 heteroatoms. The molecule has 2 N–H and O–H groups in total. The second-order valence-electron chi connectivity index (χ2n) is 5.89. The third-order valence-electron chi connectivity index (χ3n) is 3.99. The minimum atomic E-state index is 0.723. The van der Waals surface area contributed by atoms with Crippen LogP contribution in [0.3, 0.4) is 0 Å². The van der Waals surface area contributed by atoms with Crippen LogP contribution in [0.2, 0.25) is 0 Å². The lowest BCUT2D eigenvalue weighted by Gasteiger charge is -2.19. The average molecular weight is 360 g/mol. The number of nitrogens with zero attached hydrogens (tertiary/aromatic N) is 3. The van der Waals surface area contributed by atoms with E-state index in [-0.39, 0.29) is 0 Å². The first-order valence-electron chi connectivity index (χ1n) is 8.87. The Balaban J connectivity index is 1.61. The molecule has 0 saturated carbocycles. The predicted octanol–water partition coefficient (Wildman–Crippen LogP) is 3.29. The van der Waals surface area contributed by atoms with Crippen LogP contribution in [0.4, 0.5) is 5.69 Å². The van der Waals surface area contributed by atoms with Gasteiger partial charge >= 0.3 is 0 Å². The number of unbranched alkanes of at least 4 members (excludes halogenated alkanes) is 1. The van der Waals surface area contributed by atoms with Crippen molar-refractivity contribution in [3.8, 4) is 0 Å². The third-order valence-corrected chi connectivity index (χ3v) is 5.13. The first-order chi connectivity index (χ1) is 12.2. The minimum Gasteiger partial charge on any atom is -0.375 e. The fraction of sp³-hybridized carbons (Fsp3) is 0.474. The van der Waals surface area contributed by atoms with Gasteiger partial charge < -0.3 is 15.5 Å². The molecule has 0 saturated heterocycles. The van der Waals surface area contributed by atoms with Crippen molar-refractivity contribution in [2.75, 3.05) is 32.1 Å². The van der Waals surface area contributed by atoms with E-state index < -0.39 is 0 Å². The number of rotatable bonds is 9. The topological polar surface area (TPSA) is 52.6 Å². The zero-order valence-corrected chi connectivity index (χ0v) is 16.3. The Hall–Kier alpha value is -2.08. The second-order valence-corrected chi connectivity index (χ2v) is 7.09. The van der Waals surface area contributed by atoms with Gasteiger partial charge in [-0.1, -0.05) is 25.1 Å². The van der Waals surface area contributed by atoms with Crippen LogP contribution in [0.25, 0.3) is 0 Å². The lowest BCUT2D eigenvalue weighted by molar-refractivity contribution is 0.686. The van der Waals surface area contributed by atoms with Gasteiger partial charge in [0, 0.05) is 43.9 Å². The summed E-state index contributed by atoms with van der Waals surface area (Å²) in [5.74, 6) is 0.838. The lowest BCUT2D eigenvalue weighted by Crippen LogP contribution is -2.37. The van der Waals surface area contributed by atoms with E-state index in [4.69, 9.17) is 0 Å². The molecule has 0 fully saturated rings. The standard InChI is InChI=1S/C19H29N5S/c1-4-17-14-22-18(25-17)15-23-19(20-2)21-12-8-9-13-24(3)16-10-6-5-7-11-16/h5-7,10-11,14H,4,8-9,12-13,15H2,1-3H3,(H2,20,21,23). The molecule has 25 heavy (non-hydrogen) atoms. The molecule has 0 atom stereocenters. The van der Waals surface area contributed by atoms with Crippen molar-refractivity contribution in [3.05, 3.63) is 46.4 Å². The highest BCUT2D eigenvalue weighted by Gasteiger charge is 2.03. The summed E-state index contributed by atoms with van der Waals surface area (Å²) in [5.41, 5.74) is 1.27. The van der Waals surface area contributed by atoms with Crippen molar-refractivity contribution in [2.45, 2.75) is 32.7 Å². The summed E-state index contributed by atoms with van der Waals surface area (Å²) in [7, 11) is 3.94. The maximum atomic E-state index is 4.42. The molecule has 0 aliphatic heterocycles. The van der Waals surface area contributed by atoms with Gasteiger partial charge in [-0.3, -0.25) is 4.99 Å². The zero-order chi connectivity index (χ0) is 17.9. The molecule has 136 valence electrons. The number of benzene rings is 1. The molecule has 0 aliphatic rings. The number of nitrogens with one attached hydrogen (secondary N) is 2. The number of aliphatic imine (C=N–C) groups is 1. The van der Waals surface area contributed by atoms with E-state index >= 15 is 0 Å². The van der Waals surface area contributed by atoms with Crippen LogP contribution < -0.4 is 15.5 Å². The summed E-state index contributed by atoms with van der Waals surface area (Å²) in [4.78, 5) is 12.3. The van der Waals surface area contributed by atoms with E-state index in [1.807, 2.05) is 6.20 Å². The number of guanidine groups is 1. The maximum absolute atomic E-state index is 4.42. The highest BCUT2D eigenvalue weighted by atomic mass is 32.1. The van der Waals surface area contributed by atoms with Gasteiger partial charge in [0.05, 0.1) is 6.54 Å². The summed E-state index contributed by atoms with van der Waals surface area (Å²) in [6.45, 7) is 4.85. The Labute approximate surface area is 155 Å². The summed E-state index contributed by atoms with van der Waals surface area (Å²) in [6.07, 6.45) is 5.25. The predicted molar refractivity (Wildman–Crippen MR) is 109 cm³/mol. The van der Waals surface area contributed by atoms with Crippen LogP contribution in [-0.2, 0) is 13.0 Å². The molecule has 1 aromatic heterocycles. The molecule has 2 aromatic rings. The molecular formula is C19H29N5S. The van der Waals surface area contributed by atoms with E-state index in [0.717, 1.165) is 49.9 Å². The Bertz CT molecular complexity index is 638. The van der Waals surface area contributed by atoms with E-state index in [1.54, 1.807) is 18.4 Å². The van der Waals surface area contributed by atoms with Gasteiger partial charge in [0.15, 0.2) is 5.96 Å². The molecule has 5 nitrogen and oxygen atoms in total. The molecule has 2 rings (SSSR count). The first kappa shape index (κ1) is 19.2. The smallest absolute Gasteiger partial charge is 0.191 e. The van der Waals surface area contributed by atoms with Gasteiger partial charge in [0.1, 0.15) is 5.01 Å². The molecular weight excluding hydrogens is 330 g/mol. The number of anilines is 1. The first-order valence-corrected chi connectivity index (χ1v) is 9.69. The van der Waals surface area contributed by atoms with Gasteiger partial charge in [-0.25, -0.2) is 4.98 Å². The normalized spacial score (nSPS) is 11.4. The van der Waals surface area contributed by atoms with Crippen LogP contribution in [0.1, 0.15) is 29.7 Å². The van der Waals surface area contributed by atoms with Gasteiger partial charge in [0.2, 0.25) is 0 Å². The van der Waals surface area contributed by atoms with Crippen molar-refractivity contribution in [1.82, 2.24) is 15.6 Å². The van der Waals surface area contributed by atoms with Crippen molar-refractivity contribution < 1.29 is 0 Å². The maximum Gasteiger partial charge on any atom is 0.191 e. The highest BCUT2D eigenvalue weighted by molar-refractivity contribution is 7.11. The van der Waals surface area contributed by atoms with Crippen LogP contribution in [0, 0.1) is 0 Å². The van der Waals surface area contributed by atoms with Crippen molar-refractivity contribution >= 4 is 23.0 Å². The number of para-hydroxylation sites is 1. The van der Waals surface area contributed by atoms with E-state index in [0.29, 0.717) is 0 Å². The van der Waals surface area contributed by atoms with Crippen molar-refractivity contribution in [3.63, 3.8) is 0 Å². The molecule has 0 radical (unpaired) electrons. The monoisotopic (exact) mass is 359 g/mol. The molecule has 0 amide bonds. The minimum absolute atomic E-state index is 0.723.